The number of sulfonamides is 1. The maximum atomic E-state index is 12.2. The third-order valence-corrected chi connectivity index (χ3v) is 4.50. The summed E-state index contributed by atoms with van der Waals surface area (Å²) in [6, 6.07) is 9.83. The van der Waals surface area contributed by atoms with Gasteiger partial charge in [-0.1, -0.05) is 17.7 Å². The van der Waals surface area contributed by atoms with Gasteiger partial charge in [-0.05, 0) is 37.3 Å². The standard InChI is InChI=1S/C13H11ClN2O4S/c1-9-12(3-2-4-13(9)16(17)18)15-21(19,20)11-7-5-10(14)6-8-11/h2-8,15H,1H3. The molecule has 0 unspecified atom stereocenters. The Labute approximate surface area is 126 Å². The van der Waals surface area contributed by atoms with Crippen molar-refractivity contribution >= 4 is 33.0 Å². The van der Waals surface area contributed by atoms with Gasteiger partial charge in [0.2, 0.25) is 0 Å². The van der Waals surface area contributed by atoms with Crippen molar-refractivity contribution in [2.45, 2.75) is 11.8 Å². The predicted molar refractivity (Wildman–Crippen MR) is 80.1 cm³/mol. The van der Waals surface area contributed by atoms with E-state index >= 15 is 0 Å². The summed E-state index contributed by atoms with van der Waals surface area (Å²) < 4.78 is 26.8. The number of rotatable bonds is 4. The molecule has 0 spiro atoms. The van der Waals surface area contributed by atoms with Gasteiger partial charge in [-0.3, -0.25) is 14.8 Å². The summed E-state index contributed by atoms with van der Waals surface area (Å²) in [6.07, 6.45) is 0. The highest BCUT2D eigenvalue weighted by Gasteiger charge is 2.19. The first kappa shape index (κ1) is 15.3. The fourth-order valence-corrected chi connectivity index (χ4v) is 3.00. The van der Waals surface area contributed by atoms with Crippen LogP contribution in [0.2, 0.25) is 5.02 Å². The predicted octanol–water partition coefficient (Wildman–Crippen LogP) is 3.36. The first-order chi connectivity index (χ1) is 9.81. The first-order valence-corrected chi connectivity index (χ1v) is 7.70. The Balaban J connectivity index is 2.39. The van der Waals surface area contributed by atoms with Crippen LogP contribution in [0.25, 0.3) is 0 Å². The minimum absolute atomic E-state index is 0.0257. The van der Waals surface area contributed by atoms with Crippen LogP contribution in [0.3, 0.4) is 0 Å². The topological polar surface area (TPSA) is 89.3 Å². The number of nitrogens with zero attached hydrogens (tertiary/aromatic N) is 1. The summed E-state index contributed by atoms with van der Waals surface area (Å²) in [7, 11) is -3.83. The van der Waals surface area contributed by atoms with Crippen LogP contribution in [0.5, 0.6) is 0 Å². The van der Waals surface area contributed by atoms with Crippen LogP contribution in [0, 0.1) is 17.0 Å². The summed E-state index contributed by atoms with van der Waals surface area (Å²) in [5, 5.41) is 11.3. The zero-order chi connectivity index (χ0) is 15.6. The molecule has 2 aromatic carbocycles. The van der Waals surface area contributed by atoms with Crippen LogP contribution < -0.4 is 4.72 Å². The molecule has 2 rings (SSSR count). The maximum absolute atomic E-state index is 12.2. The monoisotopic (exact) mass is 326 g/mol. The molecule has 0 aliphatic rings. The molecular weight excluding hydrogens is 316 g/mol. The van der Waals surface area contributed by atoms with Gasteiger partial charge >= 0.3 is 0 Å². The Bertz CT molecular complexity index is 788. The zero-order valence-electron chi connectivity index (χ0n) is 10.9. The Morgan fingerprint density at radius 2 is 1.76 bits per heavy atom. The SMILES string of the molecule is Cc1c(NS(=O)(=O)c2ccc(Cl)cc2)cccc1[N+](=O)[O-]. The minimum Gasteiger partial charge on any atom is -0.279 e. The average molecular weight is 327 g/mol. The zero-order valence-corrected chi connectivity index (χ0v) is 12.5. The van der Waals surface area contributed by atoms with Gasteiger partial charge in [-0.15, -0.1) is 0 Å². The number of benzene rings is 2. The van der Waals surface area contributed by atoms with Crippen molar-refractivity contribution in [2.75, 3.05) is 4.72 Å². The molecule has 0 aliphatic heterocycles. The molecule has 21 heavy (non-hydrogen) atoms. The molecule has 0 aliphatic carbocycles. The molecule has 0 saturated heterocycles. The summed E-state index contributed by atoms with van der Waals surface area (Å²) >= 11 is 5.71. The van der Waals surface area contributed by atoms with E-state index in [-0.39, 0.29) is 21.8 Å². The van der Waals surface area contributed by atoms with Crippen LogP contribution >= 0.6 is 11.6 Å². The van der Waals surface area contributed by atoms with Gasteiger partial charge in [0.15, 0.2) is 0 Å². The van der Waals surface area contributed by atoms with Crippen molar-refractivity contribution in [1.29, 1.82) is 0 Å². The molecule has 6 nitrogen and oxygen atoms in total. The molecule has 0 bridgehead atoms. The van der Waals surface area contributed by atoms with Gasteiger partial charge in [0.05, 0.1) is 21.1 Å². The first-order valence-electron chi connectivity index (χ1n) is 5.83. The summed E-state index contributed by atoms with van der Waals surface area (Å²) in [4.78, 5) is 10.3. The van der Waals surface area contributed by atoms with Crippen LogP contribution in [-0.4, -0.2) is 13.3 Å². The van der Waals surface area contributed by atoms with Gasteiger partial charge in [0, 0.05) is 11.1 Å². The molecule has 0 saturated carbocycles. The second kappa shape index (κ2) is 5.71. The van der Waals surface area contributed by atoms with E-state index in [2.05, 4.69) is 4.72 Å². The molecule has 110 valence electrons. The Morgan fingerprint density at radius 3 is 2.33 bits per heavy atom. The molecule has 0 aromatic heterocycles. The van der Waals surface area contributed by atoms with Gasteiger partial charge in [-0.2, -0.15) is 0 Å². The second-order valence-electron chi connectivity index (χ2n) is 4.27. The highest BCUT2D eigenvalue weighted by atomic mass is 35.5. The number of anilines is 1. The van der Waals surface area contributed by atoms with Crippen LogP contribution in [0.1, 0.15) is 5.56 Å². The molecule has 0 heterocycles. The normalized spacial score (nSPS) is 11.1. The highest BCUT2D eigenvalue weighted by molar-refractivity contribution is 7.92. The molecule has 0 radical (unpaired) electrons. The molecule has 1 N–H and O–H groups in total. The van der Waals surface area contributed by atoms with Crippen molar-refractivity contribution in [3.05, 3.63) is 63.2 Å². The fraction of sp³-hybridized carbons (Fsp3) is 0.0769. The lowest BCUT2D eigenvalue weighted by atomic mass is 10.2. The largest absolute Gasteiger partial charge is 0.279 e. The van der Waals surface area contributed by atoms with Crippen LogP contribution in [-0.2, 0) is 10.0 Å². The van der Waals surface area contributed by atoms with Gasteiger partial charge < -0.3 is 0 Å². The number of halogens is 1. The third-order valence-electron chi connectivity index (χ3n) is 2.87. The molecule has 0 atom stereocenters. The van der Waals surface area contributed by atoms with E-state index in [1.54, 1.807) is 0 Å². The number of nitro benzene ring substituents is 1. The molecule has 0 amide bonds. The van der Waals surface area contributed by atoms with Crippen molar-refractivity contribution < 1.29 is 13.3 Å². The number of nitrogens with one attached hydrogen (secondary N) is 1. The Morgan fingerprint density at radius 1 is 1.14 bits per heavy atom. The van der Waals surface area contributed by atoms with Crippen molar-refractivity contribution in [2.24, 2.45) is 0 Å². The van der Waals surface area contributed by atoms with Crippen molar-refractivity contribution in [1.82, 2.24) is 0 Å². The average Bonchev–Trinajstić information content (AvgIpc) is 2.41. The summed E-state index contributed by atoms with van der Waals surface area (Å²) in [5.74, 6) is 0. The van der Waals surface area contributed by atoms with E-state index in [9.17, 15) is 18.5 Å². The van der Waals surface area contributed by atoms with Gasteiger partial charge in [0.1, 0.15) is 0 Å². The molecule has 2 aromatic rings. The summed E-state index contributed by atoms with van der Waals surface area (Å²) in [6.45, 7) is 1.48. The van der Waals surface area contributed by atoms with Crippen LogP contribution in [0.15, 0.2) is 47.4 Å². The Kier molecular flexibility index (Phi) is 4.15. The number of nitro groups is 1. The van der Waals surface area contributed by atoms with E-state index < -0.39 is 14.9 Å². The quantitative estimate of drug-likeness (QED) is 0.689. The van der Waals surface area contributed by atoms with E-state index in [4.69, 9.17) is 11.6 Å². The van der Waals surface area contributed by atoms with E-state index in [1.807, 2.05) is 0 Å². The second-order valence-corrected chi connectivity index (χ2v) is 6.39. The van der Waals surface area contributed by atoms with Crippen LogP contribution in [0.4, 0.5) is 11.4 Å². The lowest BCUT2D eigenvalue weighted by Gasteiger charge is -2.10. The van der Waals surface area contributed by atoms with Crippen molar-refractivity contribution in [3.8, 4) is 0 Å². The van der Waals surface area contributed by atoms with E-state index in [0.717, 1.165) is 0 Å². The van der Waals surface area contributed by atoms with E-state index in [0.29, 0.717) is 5.02 Å². The van der Waals surface area contributed by atoms with Gasteiger partial charge in [0.25, 0.3) is 15.7 Å². The highest BCUT2D eigenvalue weighted by Crippen LogP contribution is 2.27. The molecular formula is C13H11ClN2O4S. The molecule has 8 heteroatoms. The summed E-state index contributed by atoms with van der Waals surface area (Å²) in [5.41, 5.74) is 0.269. The fourth-order valence-electron chi connectivity index (χ4n) is 1.75. The molecule has 0 fully saturated rings. The Hall–Kier alpha value is -2.12. The number of hydrogen-bond acceptors (Lipinski definition) is 4. The lowest BCUT2D eigenvalue weighted by molar-refractivity contribution is -0.385. The maximum Gasteiger partial charge on any atom is 0.274 e. The minimum atomic E-state index is -3.83. The third kappa shape index (κ3) is 3.32. The van der Waals surface area contributed by atoms with Crippen molar-refractivity contribution in [3.63, 3.8) is 0 Å². The lowest BCUT2D eigenvalue weighted by Crippen LogP contribution is -2.14. The number of hydrogen-bond donors (Lipinski definition) is 1. The van der Waals surface area contributed by atoms with E-state index in [1.165, 1.54) is 49.4 Å². The van der Waals surface area contributed by atoms with Gasteiger partial charge in [-0.25, -0.2) is 8.42 Å². The smallest absolute Gasteiger partial charge is 0.274 e.